The summed E-state index contributed by atoms with van der Waals surface area (Å²) in [6, 6.07) is 9.89. The highest BCUT2D eigenvalue weighted by molar-refractivity contribution is 7.14. The maximum absolute atomic E-state index is 12.5. The van der Waals surface area contributed by atoms with Crippen LogP contribution in [0.5, 0.6) is 0 Å². The lowest BCUT2D eigenvalue weighted by molar-refractivity contribution is -0.116. The molecule has 1 N–H and O–H groups in total. The minimum absolute atomic E-state index is 0.0610. The molecule has 2 amide bonds. The summed E-state index contributed by atoms with van der Waals surface area (Å²) in [5.74, 6) is -0.147. The number of carbonyl (C=O) groups excluding carboxylic acids is 2. The highest BCUT2D eigenvalue weighted by Crippen LogP contribution is 2.18. The Morgan fingerprint density at radius 1 is 1.16 bits per heavy atom. The first-order valence-electron chi connectivity index (χ1n) is 8.39. The molecule has 0 unspecified atom stereocenters. The van der Waals surface area contributed by atoms with Gasteiger partial charge < -0.3 is 15.1 Å². The third-order valence-electron chi connectivity index (χ3n) is 4.24. The maximum Gasteiger partial charge on any atom is 0.273 e. The number of rotatable bonds is 5. The zero-order chi connectivity index (χ0) is 17.6. The van der Waals surface area contributed by atoms with Crippen molar-refractivity contribution in [3.05, 3.63) is 47.0 Å². The molecular weight excluding hydrogens is 336 g/mol. The smallest absolute Gasteiger partial charge is 0.273 e. The molecule has 25 heavy (non-hydrogen) atoms. The van der Waals surface area contributed by atoms with Gasteiger partial charge in [0.15, 0.2) is 5.13 Å². The number of aryl methyl sites for hydroxylation is 1. The largest absolute Gasteiger partial charge is 0.335 e. The number of hydrogen-bond donors (Lipinski definition) is 1. The van der Waals surface area contributed by atoms with Gasteiger partial charge in [-0.3, -0.25) is 9.59 Å². The summed E-state index contributed by atoms with van der Waals surface area (Å²) in [6.45, 7) is 3.18. The van der Waals surface area contributed by atoms with E-state index in [2.05, 4.69) is 15.2 Å². The molecule has 0 spiro atoms. The molecule has 2 heterocycles. The number of amides is 2. The van der Waals surface area contributed by atoms with Gasteiger partial charge in [-0.05, 0) is 19.0 Å². The SMILES string of the molecule is CN1CCN(C(=O)c2csc(NC(=O)CCc3ccccc3)n2)CC1. The van der Waals surface area contributed by atoms with Crippen molar-refractivity contribution in [1.82, 2.24) is 14.8 Å². The number of benzene rings is 1. The number of piperazine rings is 1. The molecular formula is C18H22N4O2S. The first-order valence-corrected chi connectivity index (χ1v) is 9.27. The Morgan fingerprint density at radius 2 is 1.88 bits per heavy atom. The lowest BCUT2D eigenvalue weighted by Gasteiger charge is -2.31. The van der Waals surface area contributed by atoms with Crippen molar-refractivity contribution in [1.29, 1.82) is 0 Å². The number of thiazole rings is 1. The van der Waals surface area contributed by atoms with Crippen molar-refractivity contribution >= 4 is 28.3 Å². The van der Waals surface area contributed by atoms with Crippen molar-refractivity contribution in [2.24, 2.45) is 0 Å². The topological polar surface area (TPSA) is 65.5 Å². The fourth-order valence-corrected chi connectivity index (χ4v) is 3.39. The van der Waals surface area contributed by atoms with Gasteiger partial charge in [-0.2, -0.15) is 0 Å². The molecule has 0 bridgehead atoms. The molecule has 7 heteroatoms. The first kappa shape index (κ1) is 17.6. The van der Waals surface area contributed by atoms with Gasteiger partial charge in [-0.15, -0.1) is 11.3 Å². The van der Waals surface area contributed by atoms with Crippen LogP contribution >= 0.6 is 11.3 Å². The van der Waals surface area contributed by atoms with Crippen LogP contribution in [-0.2, 0) is 11.2 Å². The zero-order valence-electron chi connectivity index (χ0n) is 14.3. The van der Waals surface area contributed by atoms with Crippen LogP contribution in [0.1, 0.15) is 22.5 Å². The molecule has 132 valence electrons. The molecule has 1 aliphatic rings. The molecule has 0 aliphatic carbocycles. The predicted octanol–water partition coefficient (Wildman–Crippen LogP) is 2.10. The molecule has 6 nitrogen and oxygen atoms in total. The number of nitrogens with one attached hydrogen (secondary N) is 1. The van der Waals surface area contributed by atoms with Crippen LogP contribution in [0.25, 0.3) is 0 Å². The second kappa shape index (κ2) is 8.22. The Balaban J connectivity index is 1.51. The van der Waals surface area contributed by atoms with E-state index in [9.17, 15) is 9.59 Å². The standard InChI is InChI=1S/C18H22N4O2S/c1-21-9-11-22(12-10-21)17(24)15-13-25-18(19-15)20-16(23)8-7-14-5-3-2-4-6-14/h2-6,13H,7-12H2,1H3,(H,19,20,23). The van der Waals surface area contributed by atoms with Crippen LogP contribution < -0.4 is 5.32 Å². The second-order valence-corrected chi connectivity index (χ2v) is 7.03. The molecule has 1 aliphatic heterocycles. The van der Waals surface area contributed by atoms with E-state index in [0.29, 0.717) is 36.8 Å². The number of anilines is 1. The maximum atomic E-state index is 12.5. The Labute approximate surface area is 151 Å². The average Bonchev–Trinajstić information content (AvgIpc) is 3.09. The van der Waals surface area contributed by atoms with Crippen molar-refractivity contribution in [3.63, 3.8) is 0 Å². The van der Waals surface area contributed by atoms with Gasteiger partial charge in [-0.25, -0.2) is 4.98 Å². The number of nitrogens with zero attached hydrogens (tertiary/aromatic N) is 3. The summed E-state index contributed by atoms with van der Waals surface area (Å²) in [6.07, 6.45) is 1.08. The fourth-order valence-electron chi connectivity index (χ4n) is 2.69. The van der Waals surface area contributed by atoms with E-state index in [1.54, 1.807) is 5.38 Å². The van der Waals surface area contributed by atoms with E-state index in [1.807, 2.05) is 42.3 Å². The summed E-state index contributed by atoms with van der Waals surface area (Å²) < 4.78 is 0. The number of aromatic nitrogens is 1. The molecule has 1 fully saturated rings. The van der Waals surface area contributed by atoms with Crippen LogP contribution in [0.4, 0.5) is 5.13 Å². The third-order valence-corrected chi connectivity index (χ3v) is 5.00. The normalized spacial score (nSPS) is 15.2. The minimum atomic E-state index is -0.0863. The predicted molar refractivity (Wildman–Crippen MR) is 98.9 cm³/mol. The molecule has 1 saturated heterocycles. The second-order valence-electron chi connectivity index (χ2n) is 6.17. The number of likely N-dealkylation sites (N-methyl/N-ethyl adjacent to an activating group) is 1. The van der Waals surface area contributed by atoms with Gasteiger partial charge in [0.1, 0.15) is 5.69 Å². The van der Waals surface area contributed by atoms with Gasteiger partial charge in [0.05, 0.1) is 0 Å². The lowest BCUT2D eigenvalue weighted by atomic mass is 10.1. The van der Waals surface area contributed by atoms with E-state index in [4.69, 9.17) is 0 Å². The highest BCUT2D eigenvalue weighted by atomic mass is 32.1. The molecule has 1 aromatic heterocycles. The Kier molecular flexibility index (Phi) is 5.78. The van der Waals surface area contributed by atoms with Gasteiger partial charge >= 0.3 is 0 Å². The van der Waals surface area contributed by atoms with Gasteiger partial charge in [-0.1, -0.05) is 30.3 Å². The Hall–Kier alpha value is -2.25. The molecule has 1 aromatic carbocycles. The van der Waals surface area contributed by atoms with Crippen LogP contribution in [0, 0.1) is 0 Å². The van der Waals surface area contributed by atoms with Crippen LogP contribution in [0.15, 0.2) is 35.7 Å². The number of hydrogen-bond acceptors (Lipinski definition) is 5. The summed E-state index contributed by atoms with van der Waals surface area (Å²) >= 11 is 1.29. The Bertz CT molecular complexity index is 724. The number of carbonyl (C=O) groups is 2. The molecule has 0 atom stereocenters. The van der Waals surface area contributed by atoms with E-state index in [1.165, 1.54) is 11.3 Å². The summed E-state index contributed by atoms with van der Waals surface area (Å²) in [7, 11) is 2.05. The molecule has 0 saturated carbocycles. The van der Waals surface area contributed by atoms with E-state index in [0.717, 1.165) is 18.7 Å². The van der Waals surface area contributed by atoms with Crippen molar-refractivity contribution in [2.75, 3.05) is 38.5 Å². The molecule has 2 aromatic rings. The highest BCUT2D eigenvalue weighted by Gasteiger charge is 2.22. The quantitative estimate of drug-likeness (QED) is 0.889. The van der Waals surface area contributed by atoms with Gasteiger partial charge in [0, 0.05) is 38.0 Å². The third kappa shape index (κ3) is 4.87. The van der Waals surface area contributed by atoms with Crippen molar-refractivity contribution < 1.29 is 9.59 Å². The summed E-state index contributed by atoms with van der Waals surface area (Å²) in [5.41, 5.74) is 1.54. The summed E-state index contributed by atoms with van der Waals surface area (Å²) in [5, 5.41) is 4.98. The lowest BCUT2D eigenvalue weighted by Crippen LogP contribution is -2.47. The Morgan fingerprint density at radius 3 is 2.60 bits per heavy atom. The van der Waals surface area contributed by atoms with Gasteiger partial charge in [0.2, 0.25) is 5.91 Å². The van der Waals surface area contributed by atoms with E-state index in [-0.39, 0.29) is 11.8 Å². The van der Waals surface area contributed by atoms with Crippen LogP contribution in [0.3, 0.4) is 0 Å². The average molecular weight is 358 g/mol. The zero-order valence-corrected chi connectivity index (χ0v) is 15.1. The van der Waals surface area contributed by atoms with Crippen LogP contribution in [0.2, 0.25) is 0 Å². The van der Waals surface area contributed by atoms with E-state index >= 15 is 0 Å². The van der Waals surface area contributed by atoms with Gasteiger partial charge in [0.25, 0.3) is 5.91 Å². The molecule has 3 rings (SSSR count). The monoisotopic (exact) mass is 358 g/mol. The first-order chi connectivity index (χ1) is 12.1. The minimum Gasteiger partial charge on any atom is -0.335 e. The van der Waals surface area contributed by atoms with E-state index < -0.39 is 0 Å². The van der Waals surface area contributed by atoms with Crippen molar-refractivity contribution in [3.8, 4) is 0 Å². The fraction of sp³-hybridized carbons (Fsp3) is 0.389. The van der Waals surface area contributed by atoms with Crippen molar-refractivity contribution in [2.45, 2.75) is 12.8 Å². The van der Waals surface area contributed by atoms with Crippen LogP contribution in [-0.4, -0.2) is 59.8 Å². The molecule has 0 radical (unpaired) electrons. The summed E-state index contributed by atoms with van der Waals surface area (Å²) in [4.78, 5) is 32.8.